The van der Waals surface area contributed by atoms with Gasteiger partial charge < -0.3 is 0 Å². The van der Waals surface area contributed by atoms with E-state index in [9.17, 15) is 0 Å². The zero-order valence-corrected chi connectivity index (χ0v) is 9.24. The van der Waals surface area contributed by atoms with Gasteiger partial charge in [-0.15, -0.1) is 0 Å². The Balaban J connectivity index is 2.86. The van der Waals surface area contributed by atoms with Crippen LogP contribution in [0.4, 0.5) is 0 Å². The Morgan fingerprint density at radius 3 is 2.73 bits per heavy atom. The van der Waals surface area contributed by atoms with Gasteiger partial charge in [-0.3, -0.25) is 0 Å². The summed E-state index contributed by atoms with van der Waals surface area (Å²) in [6, 6.07) is 8.13. The summed E-state index contributed by atoms with van der Waals surface area (Å²) in [5.74, 6) is 0.763. The van der Waals surface area contributed by atoms with Crippen LogP contribution in [0.25, 0.3) is 0 Å². The van der Waals surface area contributed by atoms with Crippen molar-refractivity contribution in [3.8, 4) is 0 Å². The lowest BCUT2D eigenvalue weighted by atomic mass is 10.2. The van der Waals surface area contributed by atoms with Gasteiger partial charge in [0.05, 0.1) is 0 Å². The summed E-state index contributed by atoms with van der Waals surface area (Å²) in [6.07, 6.45) is 0. The fourth-order valence-corrected chi connectivity index (χ4v) is 1.61. The molecule has 0 aliphatic carbocycles. The predicted molar refractivity (Wildman–Crippen MR) is 59.7 cm³/mol. The largest absolute Gasteiger partial charge is 0.178 e. The summed E-state index contributed by atoms with van der Waals surface area (Å²) in [5.41, 5.74) is 1.21. The molecule has 0 spiro atoms. The molecule has 0 nitrogen and oxygen atoms in total. The van der Waals surface area contributed by atoms with Crippen LogP contribution in [-0.2, 0) is 0 Å². The van der Waals surface area contributed by atoms with E-state index in [4.69, 9.17) is 0 Å². The monoisotopic (exact) mass is 248 g/mol. The number of halogens is 1. The first-order valence-corrected chi connectivity index (χ1v) is 5.22. The number of benzene rings is 1. The summed E-state index contributed by atoms with van der Waals surface area (Å²) in [5, 5.41) is 0.232. The lowest BCUT2D eigenvalue weighted by Crippen LogP contribution is -1.90. The van der Waals surface area contributed by atoms with Crippen molar-refractivity contribution < 1.29 is 0 Å². The molecule has 0 saturated heterocycles. The molecule has 0 bridgehead atoms. The van der Waals surface area contributed by atoms with Crippen LogP contribution in [-0.4, -0.2) is 5.75 Å². The van der Waals surface area contributed by atoms with E-state index in [1.807, 2.05) is 12.1 Å². The minimum atomic E-state index is 0.232. The van der Waals surface area contributed by atoms with Crippen LogP contribution in [0.5, 0.6) is 0 Å². The summed E-state index contributed by atoms with van der Waals surface area (Å²) in [6.45, 7) is 0. The lowest BCUT2D eigenvalue weighted by Gasteiger charge is -2.06. The molecule has 0 fully saturated rings. The molecule has 1 rings (SSSR count). The predicted octanol–water partition coefficient (Wildman–Crippen LogP) is 3.35. The fourth-order valence-electron chi connectivity index (χ4n) is 0.819. The summed E-state index contributed by atoms with van der Waals surface area (Å²) in [4.78, 5) is 0. The van der Waals surface area contributed by atoms with Gasteiger partial charge in [0.15, 0.2) is 0 Å². The lowest BCUT2D eigenvalue weighted by molar-refractivity contribution is 1.13. The third kappa shape index (κ3) is 2.73. The Kier molecular flexibility index (Phi) is 3.82. The highest BCUT2D eigenvalue weighted by molar-refractivity contribution is 9.10. The highest BCUT2D eigenvalue weighted by Gasteiger charge is 2.02. The van der Waals surface area contributed by atoms with Crippen LogP contribution in [0.15, 0.2) is 28.7 Å². The molecule has 1 aromatic rings. The molecule has 1 aromatic carbocycles. The minimum Gasteiger partial charge on any atom is -0.178 e. The molecular weight excluding hydrogens is 240 g/mol. The van der Waals surface area contributed by atoms with E-state index >= 15 is 0 Å². The Bertz CT molecular complexity index is 237. The van der Waals surface area contributed by atoms with Crippen molar-refractivity contribution in [2.24, 2.45) is 0 Å². The van der Waals surface area contributed by atoms with Gasteiger partial charge in [0.25, 0.3) is 0 Å². The van der Waals surface area contributed by atoms with Crippen LogP contribution in [0.1, 0.15) is 10.8 Å². The fraction of sp³-hybridized carbons (Fsp3) is 0.250. The average Bonchev–Trinajstić information content (AvgIpc) is 2.03. The highest BCUT2D eigenvalue weighted by atomic mass is 79.9. The smallest absolute Gasteiger partial charge is 0.0355 e. The van der Waals surface area contributed by atoms with Gasteiger partial charge in [0.2, 0.25) is 0 Å². The maximum Gasteiger partial charge on any atom is 0.0355 e. The molecule has 0 saturated carbocycles. The second-order valence-electron chi connectivity index (χ2n) is 2.25. The van der Waals surface area contributed by atoms with E-state index in [1.54, 1.807) is 0 Å². The van der Waals surface area contributed by atoms with Crippen molar-refractivity contribution in [1.29, 1.82) is 0 Å². The molecule has 0 aliphatic heterocycles. The molecule has 0 N–H and O–H groups in total. The maximum absolute atomic E-state index is 4.37. The number of hydrogen-bond acceptors (Lipinski definition) is 2. The third-order valence-electron chi connectivity index (χ3n) is 1.41. The standard InChI is InChI=1S/C8H9BrS2/c9-7-3-1-2-6(4-7)8(11)5-10/h1-4,8,10-11H,5H2. The van der Waals surface area contributed by atoms with Crippen LogP contribution < -0.4 is 0 Å². The van der Waals surface area contributed by atoms with Crippen LogP contribution in [0, 0.1) is 0 Å². The van der Waals surface area contributed by atoms with E-state index in [0.29, 0.717) is 0 Å². The van der Waals surface area contributed by atoms with Gasteiger partial charge in [-0.2, -0.15) is 25.3 Å². The first-order chi connectivity index (χ1) is 5.24. The van der Waals surface area contributed by atoms with Crippen molar-refractivity contribution in [2.45, 2.75) is 5.25 Å². The molecule has 11 heavy (non-hydrogen) atoms. The SMILES string of the molecule is SCC(S)c1cccc(Br)c1. The number of hydrogen-bond donors (Lipinski definition) is 2. The van der Waals surface area contributed by atoms with Crippen molar-refractivity contribution in [3.63, 3.8) is 0 Å². The van der Waals surface area contributed by atoms with Gasteiger partial charge in [0, 0.05) is 15.5 Å². The first-order valence-electron chi connectivity index (χ1n) is 3.28. The summed E-state index contributed by atoms with van der Waals surface area (Å²) in [7, 11) is 0. The highest BCUT2D eigenvalue weighted by Crippen LogP contribution is 2.23. The second-order valence-corrected chi connectivity index (χ2v) is 4.16. The number of rotatable bonds is 2. The molecule has 0 radical (unpaired) electrons. The molecular formula is C8H9BrS2. The Morgan fingerprint density at radius 1 is 1.45 bits per heavy atom. The zero-order chi connectivity index (χ0) is 8.27. The van der Waals surface area contributed by atoms with E-state index in [-0.39, 0.29) is 5.25 Å². The molecule has 0 aliphatic rings. The molecule has 0 heterocycles. The molecule has 3 heteroatoms. The van der Waals surface area contributed by atoms with Crippen molar-refractivity contribution >= 4 is 41.2 Å². The van der Waals surface area contributed by atoms with Crippen molar-refractivity contribution in [1.82, 2.24) is 0 Å². The van der Waals surface area contributed by atoms with Gasteiger partial charge >= 0.3 is 0 Å². The molecule has 1 atom stereocenters. The van der Waals surface area contributed by atoms with Gasteiger partial charge in [-0.25, -0.2) is 0 Å². The summed E-state index contributed by atoms with van der Waals surface area (Å²) >= 11 is 11.9. The Morgan fingerprint density at radius 2 is 2.18 bits per heavy atom. The Labute approximate surface area is 86.3 Å². The van der Waals surface area contributed by atoms with E-state index < -0.39 is 0 Å². The van der Waals surface area contributed by atoms with Crippen molar-refractivity contribution in [2.75, 3.05) is 5.75 Å². The molecule has 0 aromatic heterocycles. The first kappa shape index (κ1) is 9.49. The van der Waals surface area contributed by atoms with Crippen LogP contribution in [0.2, 0.25) is 0 Å². The maximum atomic E-state index is 4.37. The second kappa shape index (κ2) is 4.43. The van der Waals surface area contributed by atoms with Gasteiger partial charge in [-0.05, 0) is 17.7 Å². The van der Waals surface area contributed by atoms with E-state index in [0.717, 1.165) is 10.2 Å². The normalized spacial score (nSPS) is 13.0. The minimum absolute atomic E-state index is 0.232. The van der Waals surface area contributed by atoms with Crippen molar-refractivity contribution in [3.05, 3.63) is 34.3 Å². The van der Waals surface area contributed by atoms with E-state index in [2.05, 4.69) is 53.3 Å². The summed E-state index contributed by atoms with van der Waals surface area (Å²) < 4.78 is 1.09. The average molecular weight is 249 g/mol. The third-order valence-corrected chi connectivity index (χ3v) is 3.03. The topological polar surface area (TPSA) is 0 Å². The zero-order valence-electron chi connectivity index (χ0n) is 5.87. The van der Waals surface area contributed by atoms with Crippen LogP contribution >= 0.6 is 41.2 Å². The Hall–Kier alpha value is 0.400. The molecule has 1 unspecified atom stereocenters. The number of thiol groups is 2. The van der Waals surface area contributed by atoms with Crippen LogP contribution in [0.3, 0.4) is 0 Å². The van der Waals surface area contributed by atoms with Gasteiger partial charge in [-0.1, -0.05) is 28.1 Å². The van der Waals surface area contributed by atoms with E-state index in [1.165, 1.54) is 5.56 Å². The molecule has 0 amide bonds. The molecule has 60 valence electrons. The quantitative estimate of drug-likeness (QED) is 0.738. The van der Waals surface area contributed by atoms with Gasteiger partial charge in [0.1, 0.15) is 0 Å².